The molecule has 1 heterocycles. The van der Waals surface area contributed by atoms with Gasteiger partial charge >= 0.3 is 0 Å². The van der Waals surface area contributed by atoms with Gasteiger partial charge in [0.1, 0.15) is 0 Å². The van der Waals surface area contributed by atoms with Crippen molar-refractivity contribution in [2.45, 2.75) is 38.2 Å². The van der Waals surface area contributed by atoms with Gasteiger partial charge in [0.2, 0.25) is 0 Å². The third kappa shape index (κ3) is 3.82. The molecule has 2 rings (SSSR count). The van der Waals surface area contributed by atoms with Crippen LogP contribution in [0.4, 0.5) is 0 Å². The summed E-state index contributed by atoms with van der Waals surface area (Å²) in [5.74, 6) is 0.925. The lowest BCUT2D eigenvalue weighted by molar-refractivity contribution is 0.281. The molecule has 2 aromatic rings. The Balaban J connectivity index is 2.10. The van der Waals surface area contributed by atoms with Crippen molar-refractivity contribution in [3.05, 3.63) is 58.3 Å². The molecule has 19 heavy (non-hydrogen) atoms. The summed E-state index contributed by atoms with van der Waals surface area (Å²) >= 11 is 1.74. The van der Waals surface area contributed by atoms with E-state index >= 15 is 0 Å². The Morgan fingerprint density at radius 3 is 2.26 bits per heavy atom. The molecule has 0 saturated carbocycles. The van der Waals surface area contributed by atoms with Gasteiger partial charge < -0.3 is 5.11 Å². The fraction of sp³-hybridized carbons (Fsp3) is 0.312. The summed E-state index contributed by atoms with van der Waals surface area (Å²) in [5.41, 5.74) is 5.93. The molecule has 1 N–H and O–H groups in total. The van der Waals surface area contributed by atoms with E-state index in [1.54, 1.807) is 18.0 Å². The summed E-state index contributed by atoms with van der Waals surface area (Å²) in [5, 5.41) is 10.1. The number of rotatable bonds is 4. The highest BCUT2D eigenvalue weighted by molar-refractivity contribution is 7.98. The number of thioether (sulfide) groups is 1. The first kappa shape index (κ1) is 14.1. The second-order valence-corrected chi connectivity index (χ2v) is 5.87. The minimum atomic E-state index is 0.0514. The van der Waals surface area contributed by atoms with Crippen molar-refractivity contribution in [3.63, 3.8) is 0 Å². The number of aliphatic hydroxyl groups excluding tert-OH is 1. The Kier molecular flexibility index (Phi) is 4.61. The lowest BCUT2D eigenvalue weighted by atomic mass is 10.1. The topological polar surface area (TPSA) is 33.1 Å². The molecular formula is C16H19NOS. The number of hydrogen-bond donors (Lipinski definition) is 1. The van der Waals surface area contributed by atoms with Crippen LogP contribution in [0, 0.1) is 20.8 Å². The molecular weight excluding hydrogens is 254 g/mol. The third-order valence-electron chi connectivity index (χ3n) is 2.93. The molecule has 0 atom stereocenters. The zero-order chi connectivity index (χ0) is 13.8. The average Bonchev–Trinajstić information content (AvgIpc) is 2.36. The molecule has 0 amide bonds. The maximum Gasteiger partial charge on any atom is 0.0992 e. The van der Waals surface area contributed by atoms with Crippen LogP contribution in [-0.4, -0.2) is 10.1 Å². The van der Waals surface area contributed by atoms with Gasteiger partial charge in [0.15, 0.2) is 0 Å². The Morgan fingerprint density at radius 1 is 1.00 bits per heavy atom. The Labute approximate surface area is 118 Å². The van der Waals surface area contributed by atoms with E-state index < -0.39 is 0 Å². The lowest BCUT2D eigenvalue weighted by Crippen LogP contribution is -1.92. The van der Waals surface area contributed by atoms with Crippen LogP contribution in [0.25, 0.3) is 0 Å². The van der Waals surface area contributed by atoms with E-state index in [2.05, 4.69) is 37.0 Å². The van der Waals surface area contributed by atoms with Crippen LogP contribution in [0.15, 0.2) is 35.5 Å². The fourth-order valence-corrected chi connectivity index (χ4v) is 3.05. The summed E-state index contributed by atoms with van der Waals surface area (Å²) in [6.45, 7) is 6.34. The number of hydrogen-bond acceptors (Lipinski definition) is 3. The first-order valence-electron chi connectivity index (χ1n) is 6.35. The number of aryl methyl sites for hydroxylation is 3. The molecule has 0 aliphatic rings. The molecule has 0 fully saturated rings. The average molecular weight is 273 g/mol. The van der Waals surface area contributed by atoms with Crippen LogP contribution >= 0.6 is 11.8 Å². The van der Waals surface area contributed by atoms with Crippen molar-refractivity contribution in [1.82, 2.24) is 4.98 Å². The molecule has 2 nitrogen and oxygen atoms in total. The molecule has 1 aromatic carbocycles. The van der Waals surface area contributed by atoms with Crippen LogP contribution in [-0.2, 0) is 12.4 Å². The second-order valence-electron chi connectivity index (χ2n) is 4.91. The van der Waals surface area contributed by atoms with Gasteiger partial charge in [-0.15, -0.1) is 11.8 Å². The predicted molar refractivity (Wildman–Crippen MR) is 80.4 cm³/mol. The van der Waals surface area contributed by atoms with E-state index in [1.807, 2.05) is 13.0 Å². The molecule has 0 saturated heterocycles. The molecule has 0 aliphatic heterocycles. The standard InChI is InChI=1S/C16H19NOS/c1-11-4-12(2)6-14(5-11)10-19-16-13(3)7-15(9-18)8-17-16/h4-8,18H,9-10H2,1-3H3. The van der Waals surface area contributed by atoms with Gasteiger partial charge in [-0.25, -0.2) is 4.98 Å². The minimum absolute atomic E-state index is 0.0514. The number of benzene rings is 1. The second kappa shape index (κ2) is 6.22. The van der Waals surface area contributed by atoms with E-state index in [1.165, 1.54) is 16.7 Å². The lowest BCUT2D eigenvalue weighted by Gasteiger charge is -2.07. The highest BCUT2D eigenvalue weighted by Crippen LogP contribution is 2.25. The number of nitrogens with zero attached hydrogens (tertiary/aromatic N) is 1. The first-order valence-corrected chi connectivity index (χ1v) is 7.33. The van der Waals surface area contributed by atoms with Crippen LogP contribution in [0.5, 0.6) is 0 Å². The maximum absolute atomic E-state index is 9.08. The fourth-order valence-electron chi connectivity index (χ4n) is 2.16. The van der Waals surface area contributed by atoms with E-state index in [0.29, 0.717) is 0 Å². The number of aliphatic hydroxyl groups is 1. The van der Waals surface area contributed by atoms with E-state index in [-0.39, 0.29) is 6.61 Å². The SMILES string of the molecule is Cc1cc(C)cc(CSc2ncc(CO)cc2C)c1. The largest absolute Gasteiger partial charge is 0.392 e. The Bertz CT molecular complexity index is 561. The molecule has 3 heteroatoms. The summed E-state index contributed by atoms with van der Waals surface area (Å²) < 4.78 is 0. The van der Waals surface area contributed by atoms with Gasteiger partial charge in [0, 0.05) is 11.9 Å². The zero-order valence-corrected chi connectivity index (χ0v) is 12.4. The van der Waals surface area contributed by atoms with Crippen molar-refractivity contribution in [2.24, 2.45) is 0 Å². The summed E-state index contributed by atoms with van der Waals surface area (Å²) in [7, 11) is 0. The van der Waals surface area contributed by atoms with Crippen LogP contribution in [0.2, 0.25) is 0 Å². The Hall–Kier alpha value is -1.32. The molecule has 1 aromatic heterocycles. The van der Waals surface area contributed by atoms with Crippen LogP contribution < -0.4 is 0 Å². The van der Waals surface area contributed by atoms with Gasteiger partial charge in [-0.1, -0.05) is 29.3 Å². The van der Waals surface area contributed by atoms with Gasteiger partial charge in [-0.2, -0.15) is 0 Å². The normalized spacial score (nSPS) is 10.7. The van der Waals surface area contributed by atoms with Crippen molar-refractivity contribution < 1.29 is 5.11 Å². The molecule has 0 radical (unpaired) electrons. The molecule has 0 aliphatic carbocycles. The molecule has 0 bridgehead atoms. The smallest absolute Gasteiger partial charge is 0.0992 e. The molecule has 0 spiro atoms. The highest BCUT2D eigenvalue weighted by Gasteiger charge is 2.04. The van der Waals surface area contributed by atoms with Crippen molar-refractivity contribution in [2.75, 3.05) is 0 Å². The maximum atomic E-state index is 9.08. The minimum Gasteiger partial charge on any atom is -0.392 e. The number of pyridine rings is 1. The zero-order valence-electron chi connectivity index (χ0n) is 11.6. The summed E-state index contributed by atoms with van der Waals surface area (Å²) in [4.78, 5) is 4.41. The summed E-state index contributed by atoms with van der Waals surface area (Å²) in [6.07, 6.45) is 1.75. The van der Waals surface area contributed by atoms with Crippen LogP contribution in [0.1, 0.15) is 27.8 Å². The monoisotopic (exact) mass is 273 g/mol. The van der Waals surface area contributed by atoms with Gasteiger partial charge in [0.25, 0.3) is 0 Å². The first-order chi connectivity index (χ1) is 9.08. The van der Waals surface area contributed by atoms with E-state index in [4.69, 9.17) is 5.11 Å². The predicted octanol–water partition coefficient (Wildman–Crippen LogP) is 3.79. The quantitative estimate of drug-likeness (QED) is 0.860. The van der Waals surface area contributed by atoms with Crippen molar-refractivity contribution in [3.8, 4) is 0 Å². The Morgan fingerprint density at radius 2 is 1.68 bits per heavy atom. The van der Waals surface area contributed by atoms with Gasteiger partial charge in [-0.3, -0.25) is 0 Å². The van der Waals surface area contributed by atoms with E-state index in [9.17, 15) is 0 Å². The van der Waals surface area contributed by atoms with Gasteiger partial charge in [0.05, 0.1) is 11.6 Å². The van der Waals surface area contributed by atoms with Gasteiger partial charge in [-0.05, 0) is 43.5 Å². The van der Waals surface area contributed by atoms with Crippen molar-refractivity contribution >= 4 is 11.8 Å². The summed E-state index contributed by atoms with van der Waals surface area (Å²) in [6, 6.07) is 8.62. The molecule has 0 unspecified atom stereocenters. The third-order valence-corrected chi connectivity index (χ3v) is 4.10. The van der Waals surface area contributed by atoms with Crippen molar-refractivity contribution in [1.29, 1.82) is 0 Å². The highest BCUT2D eigenvalue weighted by atomic mass is 32.2. The van der Waals surface area contributed by atoms with Crippen LogP contribution in [0.3, 0.4) is 0 Å². The van der Waals surface area contributed by atoms with E-state index in [0.717, 1.165) is 21.9 Å². The molecule has 100 valence electrons. The number of aromatic nitrogens is 1.